The van der Waals surface area contributed by atoms with Crippen molar-refractivity contribution >= 4 is 18.0 Å². The number of benzene rings is 1. The van der Waals surface area contributed by atoms with Gasteiger partial charge in [-0.25, -0.2) is 0 Å². The summed E-state index contributed by atoms with van der Waals surface area (Å²) >= 11 is 0. The van der Waals surface area contributed by atoms with Gasteiger partial charge in [0, 0.05) is 18.4 Å². The van der Waals surface area contributed by atoms with E-state index < -0.39 is 5.97 Å². The average molecular weight is 304 g/mol. The molecule has 4 nitrogen and oxygen atoms in total. The molecule has 0 atom stereocenters. The van der Waals surface area contributed by atoms with Gasteiger partial charge in [-0.05, 0) is 24.6 Å². The molecule has 0 N–H and O–H groups in total. The molecule has 0 aliphatic rings. The van der Waals surface area contributed by atoms with Crippen molar-refractivity contribution in [3.8, 4) is 5.75 Å². The number of carbonyl (C=O) groups is 3. The molecule has 0 saturated heterocycles. The number of hydrogen-bond donors (Lipinski definition) is 0. The number of ether oxygens (including phenoxy) is 1. The molecule has 22 heavy (non-hydrogen) atoms. The van der Waals surface area contributed by atoms with Gasteiger partial charge in [-0.2, -0.15) is 0 Å². The molecule has 4 heteroatoms. The normalized spacial score (nSPS) is 10.3. The van der Waals surface area contributed by atoms with Gasteiger partial charge in [-0.1, -0.05) is 39.5 Å². The number of carbonyl (C=O) groups excluding carboxylic acids is 3. The Morgan fingerprint density at radius 1 is 1.09 bits per heavy atom. The minimum atomic E-state index is -0.405. The van der Waals surface area contributed by atoms with Gasteiger partial charge in [-0.3, -0.25) is 14.4 Å². The second-order valence-corrected chi connectivity index (χ2v) is 5.29. The summed E-state index contributed by atoms with van der Waals surface area (Å²) in [6, 6.07) is 4.63. The lowest BCUT2D eigenvalue weighted by atomic mass is 10.0. The minimum absolute atomic E-state index is 0.0213. The van der Waals surface area contributed by atoms with Crippen molar-refractivity contribution in [2.75, 3.05) is 0 Å². The van der Waals surface area contributed by atoms with Gasteiger partial charge in [0.05, 0.1) is 5.56 Å². The fourth-order valence-electron chi connectivity index (χ4n) is 2.14. The van der Waals surface area contributed by atoms with Gasteiger partial charge in [0.1, 0.15) is 5.75 Å². The van der Waals surface area contributed by atoms with Crippen molar-refractivity contribution in [1.82, 2.24) is 0 Å². The van der Waals surface area contributed by atoms with Crippen molar-refractivity contribution in [1.29, 1.82) is 0 Å². The van der Waals surface area contributed by atoms with Crippen LogP contribution in [0.25, 0.3) is 0 Å². The third-order valence-corrected chi connectivity index (χ3v) is 3.48. The van der Waals surface area contributed by atoms with E-state index >= 15 is 0 Å². The van der Waals surface area contributed by atoms with E-state index in [4.69, 9.17) is 4.74 Å². The highest BCUT2D eigenvalue weighted by atomic mass is 16.5. The third kappa shape index (κ3) is 5.80. The number of rotatable bonds is 10. The van der Waals surface area contributed by atoms with Gasteiger partial charge in [-0.15, -0.1) is 0 Å². The van der Waals surface area contributed by atoms with Gasteiger partial charge in [0.2, 0.25) is 0 Å². The molecule has 0 saturated carbocycles. The molecule has 0 aliphatic carbocycles. The van der Waals surface area contributed by atoms with Crippen LogP contribution in [-0.4, -0.2) is 18.0 Å². The molecule has 0 fully saturated rings. The first-order valence-electron chi connectivity index (χ1n) is 7.95. The molecule has 1 aromatic rings. The van der Waals surface area contributed by atoms with Crippen LogP contribution in [0.1, 0.15) is 79.5 Å². The number of aldehydes is 1. The molecule has 1 aromatic carbocycles. The van der Waals surface area contributed by atoms with Gasteiger partial charge in [0.15, 0.2) is 12.1 Å². The number of hydrogen-bond acceptors (Lipinski definition) is 4. The van der Waals surface area contributed by atoms with Gasteiger partial charge < -0.3 is 4.74 Å². The zero-order valence-electron chi connectivity index (χ0n) is 13.4. The second kappa shape index (κ2) is 9.87. The first-order chi connectivity index (χ1) is 10.6. The second-order valence-electron chi connectivity index (χ2n) is 5.29. The molecular weight excluding hydrogens is 280 g/mol. The van der Waals surface area contributed by atoms with Crippen molar-refractivity contribution in [2.45, 2.75) is 58.8 Å². The lowest BCUT2D eigenvalue weighted by Gasteiger charge is -2.07. The number of esters is 1. The van der Waals surface area contributed by atoms with Crippen LogP contribution in [0.15, 0.2) is 18.2 Å². The standard InChI is InChI=1S/C18H24O4/c1-3-5-6-7-8-9-16(20)14-10-11-17(15(12-14)13-19)22-18(21)4-2/h10-13H,3-9H2,1-2H3. The van der Waals surface area contributed by atoms with E-state index in [9.17, 15) is 14.4 Å². The van der Waals surface area contributed by atoms with E-state index in [0.717, 1.165) is 19.3 Å². The molecular formula is C18H24O4. The van der Waals surface area contributed by atoms with E-state index in [0.29, 0.717) is 18.3 Å². The summed E-state index contributed by atoms with van der Waals surface area (Å²) in [5.41, 5.74) is 0.729. The largest absolute Gasteiger partial charge is 0.426 e. The Bertz CT molecular complexity index is 520. The molecule has 0 unspecified atom stereocenters. The van der Waals surface area contributed by atoms with Crippen LogP contribution in [0.5, 0.6) is 5.75 Å². The maximum absolute atomic E-state index is 12.1. The Labute approximate surface area is 131 Å². The minimum Gasteiger partial charge on any atom is -0.426 e. The number of ketones is 1. The Morgan fingerprint density at radius 3 is 2.45 bits per heavy atom. The van der Waals surface area contributed by atoms with Crippen LogP contribution in [0.3, 0.4) is 0 Å². The van der Waals surface area contributed by atoms with Gasteiger partial charge >= 0.3 is 5.97 Å². The molecule has 1 rings (SSSR count). The zero-order chi connectivity index (χ0) is 16.4. The SMILES string of the molecule is CCCCCCCC(=O)c1ccc(OC(=O)CC)c(C=O)c1. The molecule has 0 heterocycles. The molecule has 0 radical (unpaired) electrons. The summed E-state index contributed by atoms with van der Waals surface area (Å²) < 4.78 is 5.06. The fraction of sp³-hybridized carbons (Fsp3) is 0.500. The summed E-state index contributed by atoms with van der Waals surface area (Å²) in [5.74, 6) is -0.174. The first kappa shape index (κ1) is 18.1. The van der Waals surface area contributed by atoms with Crippen LogP contribution in [0.2, 0.25) is 0 Å². The Hall–Kier alpha value is -1.97. The molecule has 0 amide bonds. The third-order valence-electron chi connectivity index (χ3n) is 3.48. The lowest BCUT2D eigenvalue weighted by molar-refractivity contribution is -0.134. The fourth-order valence-corrected chi connectivity index (χ4v) is 2.14. The van der Waals surface area contributed by atoms with E-state index in [2.05, 4.69) is 6.92 Å². The number of Topliss-reactive ketones (excluding diaryl/α,β-unsaturated/α-hetero) is 1. The van der Waals surface area contributed by atoms with Crippen molar-refractivity contribution in [3.05, 3.63) is 29.3 Å². The highest BCUT2D eigenvalue weighted by Gasteiger charge is 2.12. The van der Waals surface area contributed by atoms with Crippen molar-refractivity contribution in [3.63, 3.8) is 0 Å². The summed E-state index contributed by atoms with van der Waals surface area (Å²) in [5, 5.41) is 0. The average Bonchev–Trinajstić information content (AvgIpc) is 2.54. The zero-order valence-corrected chi connectivity index (χ0v) is 13.4. The van der Waals surface area contributed by atoms with E-state index in [1.165, 1.54) is 25.0 Å². The maximum atomic E-state index is 12.1. The smallest absolute Gasteiger partial charge is 0.310 e. The van der Waals surface area contributed by atoms with Crippen LogP contribution < -0.4 is 4.74 Å². The predicted molar refractivity (Wildman–Crippen MR) is 85.5 cm³/mol. The monoisotopic (exact) mass is 304 g/mol. The molecule has 0 spiro atoms. The van der Waals surface area contributed by atoms with Crippen LogP contribution >= 0.6 is 0 Å². The molecule has 0 bridgehead atoms. The summed E-state index contributed by atoms with van der Waals surface area (Å²) in [4.78, 5) is 34.5. The topological polar surface area (TPSA) is 60.4 Å². The molecule has 120 valence electrons. The quantitative estimate of drug-likeness (QED) is 0.212. The highest BCUT2D eigenvalue weighted by molar-refractivity contribution is 5.98. The van der Waals surface area contributed by atoms with E-state index in [1.54, 1.807) is 13.0 Å². The van der Waals surface area contributed by atoms with Crippen LogP contribution in [0.4, 0.5) is 0 Å². The van der Waals surface area contributed by atoms with Crippen LogP contribution in [0, 0.1) is 0 Å². The predicted octanol–water partition coefficient (Wildman–Crippen LogP) is 4.36. The summed E-state index contributed by atoms with van der Waals surface area (Å²) in [6.07, 6.45) is 6.75. The van der Waals surface area contributed by atoms with E-state index in [1.807, 2.05) is 0 Å². The van der Waals surface area contributed by atoms with E-state index in [-0.39, 0.29) is 23.5 Å². The Kier molecular flexibility index (Phi) is 8.11. The Morgan fingerprint density at radius 2 is 1.82 bits per heavy atom. The lowest BCUT2D eigenvalue weighted by Crippen LogP contribution is -2.08. The van der Waals surface area contributed by atoms with Gasteiger partial charge in [0.25, 0.3) is 0 Å². The summed E-state index contributed by atoms with van der Waals surface area (Å²) in [7, 11) is 0. The number of unbranched alkanes of at least 4 members (excludes halogenated alkanes) is 4. The molecule has 0 aliphatic heterocycles. The first-order valence-corrected chi connectivity index (χ1v) is 7.95. The van der Waals surface area contributed by atoms with Crippen molar-refractivity contribution < 1.29 is 19.1 Å². The maximum Gasteiger partial charge on any atom is 0.310 e. The molecule has 0 aromatic heterocycles. The highest BCUT2D eigenvalue weighted by Crippen LogP contribution is 2.20. The van der Waals surface area contributed by atoms with Crippen molar-refractivity contribution in [2.24, 2.45) is 0 Å². The van der Waals surface area contributed by atoms with Crippen LogP contribution in [-0.2, 0) is 4.79 Å². The Balaban J connectivity index is 2.65. The summed E-state index contributed by atoms with van der Waals surface area (Å²) in [6.45, 7) is 3.83.